The molecular formula is C18H19ClO5. The van der Waals surface area contributed by atoms with Gasteiger partial charge >= 0.3 is 11.9 Å². The summed E-state index contributed by atoms with van der Waals surface area (Å²) in [5.41, 5.74) is 1.28. The van der Waals surface area contributed by atoms with Crippen LogP contribution in [0.1, 0.15) is 32.3 Å². The first-order chi connectivity index (χ1) is 11.4. The summed E-state index contributed by atoms with van der Waals surface area (Å²) in [7, 11) is 1.29. The minimum absolute atomic E-state index is 0.221. The molecule has 2 rings (SSSR count). The highest BCUT2D eigenvalue weighted by molar-refractivity contribution is 6.30. The van der Waals surface area contributed by atoms with E-state index < -0.39 is 17.9 Å². The zero-order valence-electron chi connectivity index (χ0n) is 14.0. The van der Waals surface area contributed by atoms with Gasteiger partial charge in [-0.3, -0.25) is 0 Å². The quantitative estimate of drug-likeness (QED) is 0.774. The number of hydrogen-bond donors (Lipinski definition) is 0. The Hall–Kier alpha value is -2.27. The monoisotopic (exact) mass is 350 g/mol. The van der Waals surface area contributed by atoms with Gasteiger partial charge in [-0.2, -0.15) is 0 Å². The van der Waals surface area contributed by atoms with Gasteiger partial charge in [0.15, 0.2) is 0 Å². The molecule has 0 aromatic heterocycles. The number of benzene rings is 1. The number of carbonyl (C=O) groups excluding carboxylic acids is 2. The smallest absolute Gasteiger partial charge is 0.338 e. The third-order valence-corrected chi connectivity index (χ3v) is 4.00. The molecule has 0 aliphatic carbocycles. The summed E-state index contributed by atoms with van der Waals surface area (Å²) < 4.78 is 15.6. The third-order valence-electron chi connectivity index (χ3n) is 3.75. The lowest BCUT2D eigenvalue weighted by Gasteiger charge is -2.29. The number of halogens is 1. The molecule has 1 aromatic carbocycles. The van der Waals surface area contributed by atoms with Crippen LogP contribution in [0, 0.1) is 0 Å². The molecule has 24 heavy (non-hydrogen) atoms. The number of rotatable bonds is 4. The molecule has 0 saturated heterocycles. The normalized spacial score (nSPS) is 17.5. The van der Waals surface area contributed by atoms with Crippen LogP contribution < -0.4 is 0 Å². The second-order valence-corrected chi connectivity index (χ2v) is 5.67. The molecule has 1 aromatic rings. The fourth-order valence-electron chi connectivity index (χ4n) is 2.72. The maximum atomic E-state index is 12.5. The van der Waals surface area contributed by atoms with Crippen molar-refractivity contribution in [1.29, 1.82) is 0 Å². The molecule has 0 bridgehead atoms. The van der Waals surface area contributed by atoms with E-state index in [1.165, 1.54) is 7.11 Å². The number of hydrogen-bond acceptors (Lipinski definition) is 5. The maximum absolute atomic E-state index is 12.5. The standard InChI is InChI=1S/C18H19ClO5/c1-5-23-18(21)15-11(3)24-10(2)14(17(20)22-4)16(15)12-6-8-13(19)9-7-12/h6-9,16H,5H2,1-4H3/t16-/m0/s1. The SMILES string of the molecule is CCOC(=O)C1=C(C)OC(C)=C(C(=O)OC)[C@@H]1c1ccc(Cl)cc1. The Labute approximate surface area is 145 Å². The molecule has 0 fully saturated rings. The predicted molar refractivity (Wildman–Crippen MR) is 89.3 cm³/mol. The van der Waals surface area contributed by atoms with E-state index in [0.29, 0.717) is 16.5 Å². The Balaban J connectivity index is 2.63. The van der Waals surface area contributed by atoms with Crippen molar-refractivity contribution in [2.45, 2.75) is 26.7 Å². The van der Waals surface area contributed by atoms with Crippen LogP contribution in [-0.2, 0) is 23.8 Å². The van der Waals surface area contributed by atoms with Crippen LogP contribution in [0.15, 0.2) is 46.9 Å². The fourth-order valence-corrected chi connectivity index (χ4v) is 2.85. The first-order valence-electron chi connectivity index (χ1n) is 7.51. The Morgan fingerprint density at radius 1 is 1.08 bits per heavy atom. The predicted octanol–water partition coefficient (Wildman–Crippen LogP) is 3.74. The van der Waals surface area contributed by atoms with Crippen LogP contribution in [0.4, 0.5) is 0 Å². The van der Waals surface area contributed by atoms with Crippen molar-refractivity contribution >= 4 is 23.5 Å². The summed E-state index contributed by atoms with van der Waals surface area (Å²) in [6.45, 7) is 5.28. The van der Waals surface area contributed by atoms with Crippen molar-refractivity contribution in [2.75, 3.05) is 13.7 Å². The summed E-state index contributed by atoms with van der Waals surface area (Å²) in [6, 6.07) is 6.94. The van der Waals surface area contributed by atoms with Crippen LogP contribution in [0.5, 0.6) is 0 Å². The van der Waals surface area contributed by atoms with E-state index >= 15 is 0 Å². The van der Waals surface area contributed by atoms with Crippen molar-refractivity contribution in [2.24, 2.45) is 0 Å². The van der Waals surface area contributed by atoms with Gasteiger partial charge in [0.1, 0.15) is 11.5 Å². The minimum atomic E-state index is -0.637. The summed E-state index contributed by atoms with van der Waals surface area (Å²) in [5, 5.41) is 0.560. The minimum Gasteiger partial charge on any atom is -0.466 e. The second-order valence-electron chi connectivity index (χ2n) is 5.24. The number of allylic oxidation sites excluding steroid dienone is 2. The van der Waals surface area contributed by atoms with Crippen molar-refractivity contribution in [1.82, 2.24) is 0 Å². The molecular weight excluding hydrogens is 332 g/mol. The molecule has 5 nitrogen and oxygen atoms in total. The number of carbonyl (C=O) groups is 2. The topological polar surface area (TPSA) is 61.8 Å². The van der Waals surface area contributed by atoms with Crippen LogP contribution in [-0.4, -0.2) is 25.7 Å². The molecule has 0 amide bonds. The van der Waals surface area contributed by atoms with Crippen LogP contribution >= 0.6 is 11.6 Å². The molecule has 0 N–H and O–H groups in total. The summed E-state index contributed by atoms with van der Waals surface area (Å²) in [5.74, 6) is -0.918. The van der Waals surface area contributed by atoms with Crippen LogP contribution in [0.3, 0.4) is 0 Å². The van der Waals surface area contributed by atoms with Crippen molar-refractivity contribution in [3.63, 3.8) is 0 Å². The highest BCUT2D eigenvalue weighted by atomic mass is 35.5. The molecule has 0 radical (unpaired) electrons. The fraction of sp³-hybridized carbons (Fsp3) is 0.333. The van der Waals surface area contributed by atoms with Gasteiger partial charge in [0, 0.05) is 5.02 Å². The van der Waals surface area contributed by atoms with Gasteiger partial charge in [-0.05, 0) is 38.5 Å². The molecule has 1 aliphatic heterocycles. The molecule has 0 saturated carbocycles. The Bertz CT molecular complexity index is 715. The lowest BCUT2D eigenvalue weighted by molar-refractivity contribution is -0.139. The van der Waals surface area contributed by atoms with Crippen molar-refractivity contribution in [3.8, 4) is 0 Å². The first kappa shape index (κ1) is 18.1. The van der Waals surface area contributed by atoms with Gasteiger partial charge in [0.05, 0.1) is 30.8 Å². The summed E-state index contributed by atoms with van der Waals surface area (Å²) in [4.78, 5) is 24.8. The number of methoxy groups -OCH3 is 1. The van der Waals surface area contributed by atoms with Gasteiger partial charge in [-0.15, -0.1) is 0 Å². The third kappa shape index (κ3) is 3.46. The van der Waals surface area contributed by atoms with Gasteiger partial charge in [-0.25, -0.2) is 9.59 Å². The summed E-state index contributed by atoms with van der Waals surface area (Å²) in [6.07, 6.45) is 0. The Kier molecular flexibility index (Phi) is 5.67. The largest absolute Gasteiger partial charge is 0.466 e. The zero-order chi connectivity index (χ0) is 17.9. The second kappa shape index (κ2) is 7.53. The van der Waals surface area contributed by atoms with Gasteiger partial charge in [0.2, 0.25) is 0 Å². The molecule has 128 valence electrons. The van der Waals surface area contributed by atoms with E-state index in [2.05, 4.69) is 0 Å². The maximum Gasteiger partial charge on any atom is 0.338 e. The van der Waals surface area contributed by atoms with Crippen LogP contribution in [0.25, 0.3) is 0 Å². The average molecular weight is 351 g/mol. The van der Waals surface area contributed by atoms with Crippen molar-refractivity contribution < 1.29 is 23.8 Å². The number of esters is 2. The summed E-state index contributed by atoms with van der Waals surface area (Å²) >= 11 is 5.95. The Morgan fingerprint density at radius 2 is 1.62 bits per heavy atom. The lowest BCUT2D eigenvalue weighted by Crippen LogP contribution is -2.27. The van der Waals surface area contributed by atoms with Crippen LogP contribution in [0.2, 0.25) is 5.02 Å². The highest BCUT2D eigenvalue weighted by Gasteiger charge is 2.39. The van der Waals surface area contributed by atoms with Gasteiger partial charge in [0.25, 0.3) is 0 Å². The van der Waals surface area contributed by atoms with Gasteiger partial charge < -0.3 is 14.2 Å². The van der Waals surface area contributed by atoms with E-state index in [9.17, 15) is 9.59 Å². The van der Waals surface area contributed by atoms with E-state index in [4.69, 9.17) is 25.8 Å². The lowest BCUT2D eigenvalue weighted by atomic mass is 9.82. The van der Waals surface area contributed by atoms with Crippen molar-refractivity contribution in [3.05, 3.63) is 57.5 Å². The molecule has 0 unspecified atom stereocenters. The Morgan fingerprint density at radius 3 is 2.12 bits per heavy atom. The molecule has 6 heteroatoms. The molecule has 1 atom stereocenters. The first-order valence-corrected chi connectivity index (χ1v) is 7.88. The zero-order valence-corrected chi connectivity index (χ0v) is 14.8. The highest BCUT2D eigenvalue weighted by Crippen LogP contribution is 2.41. The molecule has 1 heterocycles. The van der Waals surface area contributed by atoms with E-state index in [0.717, 1.165) is 5.56 Å². The van der Waals surface area contributed by atoms with E-state index in [1.807, 2.05) is 0 Å². The van der Waals surface area contributed by atoms with E-state index in [1.54, 1.807) is 45.0 Å². The van der Waals surface area contributed by atoms with E-state index in [-0.39, 0.29) is 17.8 Å². The molecule has 0 spiro atoms. The average Bonchev–Trinajstić information content (AvgIpc) is 2.54. The molecule has 1 aliphatic rings. The number of ether oxygens (including phenoxy) is 3. The van der Waals surface area contributed by atoms with Gasteiger partial charge in [-0.1, -0.05) is 23.7 Å².